The predicted molar refractivity (Wildman–Crippen MR) is 118 cm³/mol. The predicted octanol–water partition coefficient (Wildman–Crippen LogP) is 3.71. The first-order valence-electron chi connectivity index (χ1n) is 9.89. The average Bonchev–Trinajstić information content (AvgIpc) is 3.18. The van der Waals surface area contributed by atoms with Crippen LogP contribution in [0.3, 0.4) is 0 Å². The number of ether oxygens (including phenoxy) is 2. The van der Waals surface area contributed by atoms with Crippen LogP contribution in [-0.4, -0.2) is 35.8 Å². The zero-order chi connectivity index (χ0) is 22.1. The summed E-state index contributed by atoms with van der Waals surface area (Å²) in [7, 11) is 3.13. The summed E-state index contributed by atoms with van der Waals surface area (Å²) in [6.45, 7) is 4.00. The van der Waals surface area contributed by atoms with Gasteiger partial charge in [0.1, 0.15) is 11.9 Å². The minimum absolute atomic E-state index is 0.0106. The summed E-state index contributed by atoms with van der Waals surface area (Å²) < 4.78 is 12.2. The molecule has 2 N–H and O–H groups in total. The first-order valence-corrected chi connectivity index (χ1v) is 9.89. The number of aromatic nitrogens is 2. The van der Waals surface area contributed by atoms with Gasteiger partial charge in [-0.2, -0.15) is 5.10 Å². The standard InChI is InChI=1S/C23H24N4O4/c1-13-5-7-16(9-14(13)2)25-23(29)18-11-21(28)26-22-17(12-24-27(18)22)15-6-8-19(30-3)20(10-15)31-4/h5-10,12,18H,11H2,1-4H3,(H,25,29)(H,26,28)/t18-/m1/s1. The van der Waals surface area contributed by atoms with E-state index in [9.17, 15) is 9.59 Å². The third-order valence-corrected chi connectivity index (χ3v) is 5.50. The Morgan fingerprint density at radius 1 is 1.10 bits per heavy atom. The van der Waals surface area contributed by atoms with Crippen molar-refractivity contribution in [3.05, 3.63) is 53.7 Å². The summed E-state index contributed by atoms with van der Waals surface area (Å²) >= 11 is 0. The van der Waals surface area contributed by atoms with Crippen LogP contribution in [0.2, 0.25) is 0 Å². The number of amides is 2. The Balaban J connectivity index is 1.66. The van der Waals surface area contributed by atoms with Gasteiger partial charge in [-0.15, -0.1) is 0 Å². The van der Waals surface area contributed by atoms with E-state index in [-0.39, 0.29) is 18.2 Å². The molecule has 8 nitrogen and oxygen atoms in total. The molecule has 1 aliphatic heterocycles. The number of hydrogen-bond donors (Lipinski definition) is 2. The maximum atomic E-state index is 13.0. The number of carbonyl (C=O) groups excluding carboxylic acids is 2. The van der Waals surface area contributed by atoms with Crippen molar-refractivity contribution in [3.63, 3.8) is 0 Å². The Kier molecular flexibility index (Phi) is 5.37. The van der Waals surface area contributed by atoms with E-state index in [1.807, 2.05) is 44.2 Å². The summed E-state index contributed by atoms with van der Waals surface area (Å²) in [5.41, 5.74) is 4.39. The number of nitrogens with one attached hydrogen (secondary N) is 2. The molecule has 1 aromatic heterocycles. The second-order valence-electron chi connectivity index (χ2n) is 7.48. The van der Waals surface area contributed by atoms with Gasteiger partial charge in [-0.3, -0.25) is 9.59 Å². The van der Waals surface area contributed by atoms with Crippen molar-refractivity contribution in [2.45, 2.75) is 26.3 Å². The Hall–Kier alpha value is -3.81. The van der Waals surface area contributed by atoms with Gasteiger partial charge in [0.25, 0.3) is 0 Å². The van der Waals surface area contributed by atoms with Crippen molar-refractivity contribution < 1.29 is 19.1 Å². The van der Waals surface area contributed by atoms with Crippen LogP contribution in [0.15, 0.2) is 42.6 Å². The van der Waals surface area contributed by atoms with Crippen LogP contribution in [0.4, 0.5) is 11.5 Å². The summed E-state index contributed by atoms with van der Waals surface area (Å²) in [5.74, 6) is 1.10. The normalized spacial score (nSPS) is 15.1. The SMILES string of the molecule is COc1ccc(-c2cnn3c2NC(=O)C[C@@H]3C(=O)Nc2ccc(C)c(C)c2)cc1OC. The van der Waals surface area contributed by atoms with E-state index < -0.39 is 6.04 Å². The number of nitrogens with zero attached hydrogens (tertiary/aromatic N) is 2. The molecule has 0 radical (unpaired) electrons. The van der Waals surface area contributed by atoms with Gasteiger partial charge in [-0.25, -0.2) is 4.68 Å². The topological polar surface area (TPSA) is 94.5 Å². The molecule has 2 aromatic carbocycles. The van der Waals surface area contributed by atoms with Crippen molar-refractivity contribution in [3.8, 4) is 22.6 Å². The van der Waals surface area contributed by atoms with E-state index >= 15 is 0 Å². The lowest BCUT2D eigenvalue weighted by Gasteiger charge is -2.24. The van der Waals surface area contributed by atoms with E-state index in [0.717, 1.165) is 16.7 Å². The van der Waals surface area contributed by atoms with Gasteiger partial charge in [0.2, 0.25) is 11.8 Å². The van der Waals surface area contributed by atoms with Crippen molar-refractivity contribution in [2.24, 2.45) is 0 Å². The van der Waals surface area contributed by atoms with Gasteiger partial charge < -0.3 is 20.1 Å². The van der Waals surface area contributed by atoms with E-state index in [2.05, 4.69) is 15.7 Å². The lowest BCUT2D eigenvalue weighted by atomic mass is 10.1. The molecule has 0 saturated heterocycles. The first kappa shape index (κ1) is 20.5. The fourth-order valence-corrected chi connectivity index (χ4v) is 3.63. The molecule has 160 valence electrons. The summed E-state index contributed by atoms with van der Waals surface area (Å²) in [4.78, 5) is 25.4. The van der Waals surface area contributed by atoms with E-state index in [1.54, 1.807) is 31.2 Å². The zero-order valence-corrected chi connectivity index (χ0v) is 17.9. The summed E-state index contributed by atoms with van der Waals surface area (Å²) in [5, 5.41) is 10.2. The quantitative estimate of drug-likeness (QED) is 0.656. The molecule has 0 aliphatic carbocycles. The van der Waals surface area contributed by atoms with Crippen LogP contribution in [0.5, 0.6) is 11.5 Å². The molecular weight excluding hydrogens is 396 g/mol. The number of aryl methyl sites for hydroxylation is 2. The lowest BCUT2D eigenvalue weighted by Crippen LogP contribution is -2.35. The van der Waals surface area contributed by atoms with Gasteiger partial charge in [0.15, 0.2) is 11.5 Å². The van der Waals surface area contributed by atoms with Gasteiger partial charge in [-0.05, 0) is 54.8 Å². The van der Waals surface area contributed by atoms with E-state index in [0.29, 0.717) is 28.6 Å². The second kappa shape index (κ2) is 8.14. The van der Waals surface area contributed by atoms with Crippen molar-refractivity contribution in [1.82, 2.24) is 9.78 Å². The monoisotopic (exact) mass is 420 g/mol. The van der Waals surface area contributed by atoms with Crippen molar-refractivity contribution in [2.75, 3.05) is 24.9 Å². The van der Waals surface area contributed by atoms with E-state index in [1.165, 1.54) is 0 Å². The molecule has 0 bridgehead atoms. The maximum Gasteiger partial charge on any atom is 0.249 e. The summed E-state index contributed by atoms with van der Waals surface area (Å²) in [6.07, 6.45) is 1.65. The highest BCUT2D eigenvalue weighted by atomic mass is 16.5. The first-order chi connectivity index (χ1) is 14.9. The largest absolute Gasteiger partial charge is 0.493 e. The number of methoxy groups -OCH3 is 2. The van der Waals surface area contributed by atoms with Crippen LogP contribution in [-0.2, 0) is 9.59 Å². The fraction of sp³-hybridized carbons (Fsp3) is 0.261. The molecule has 1 aliphatic rings. The fourth-order valence-electron chi connectivity index (χ4n) is 3.63. The van der Waals surface area contributed by atoms with Crippen LogP contribution in [0.1, 0.15) is 23.6 Å². The van der Waals surface area contributed by atoms with Crippen molar-refractivity contribution >= 4 is 23.3 Å². The molecule has 3 aromatic rings. The molecule has 0 spiro atoms. The minimum Gasteiger partial charge on any atom is -0.493 e. The minimum atomic E-state index is -0.751. The molecule has 2 amide bonds. The van der Waals surface area contributed by atoms with Crippen LogP contribution >= 0.6 is 0 Å². The van der Waals surface area contributed by atoms with Crippen LogP contribution < -0.4 is 20.1 Å². The Morgan fingerprint density at radius 2 is 1.87 bits per heavy atom. The Morgan fingerprint density at radius 3 is 2.58 bits per heavy atom. The van der Waals surface area contributed by atoms with Crippen molar-refractivity contribution in [1.29, 1.82) is 0 Å². The number of carbonyl (C=O) groups is 2. The zero-order valence-electron chi connectivity index (χ0n) is 17.9. The third-order valence-electron chi connectivity index (χ3n) is 5.50. The molecular formula is C23H24N4O4. The third kappa shape index (κ3) is 3.84. The molecule has 0 saturated carbocycles. The molecule has 0 fully saturated rings. The highest BCUT2D eigenvalue weighted by Gasteiger charge is 2.33. The van der Waals surface area contributed by atoms with Gasteiger partial charge in [0, 0.05) is 11.3 Å². The van der Waals surface area contributed by atoms with Crippen LogP contribution in [0.25, 0.3) is 11.1 Å². The maximum absolute atomic E-state index is 13.0. The number of hydrogen-bond acceptors (Lipinski definition) is 5. The molecule has 4 rings (SSSR count). The molecule has 2 heterocycles. The van der Waals surface area contributed by atoms with Gasteiger partial charge in [-0.1, -0.05) is 12.1 Å². The smallest absolute Gasteiger partial charge is 0.249 e. The molecule has 31 heavy (non-hydrogen) atoms. The van der Waals surface area contributed by atoms with E-state index in [4.69, 9.17) is 9.47 Å². The Bertz CT molecular complexity index is 1170. The van der Waals surface area contributed by atoms with Gasteiger partial charge in [0.05, 0.1) is 26.8 Å². The highest BCUT2D eigenvalue weighted by molar-refractivity contribution is 6.03. The summed E-state index contributed by atoms with van der Waals surface area (Å²) in [6, 6.07) is 10.4. The molecule has 0 unspecified atom stereocenters. The number of benzene rings is 2. The highest BCUT2D eigenvalue weighted by Crippen LogP contribution is 2.38. The second-order valence-corrected chi connectivity index (χ2v) is 7.48. The average molecular weight is 420 g/mol. The number of rotatable bonds is 5. The number of anilines is 2. The van der Waals surface area contributed by atoms with Crippen LogP contribution in [0, 0.1) is 13.8 Å². The lowest BCUT2D eigenvalue weighted by molar-refractivity contribution is -0.125. The Labute approximate surface area is 180 Å². The molecule has 8 heteroatoms. The number of fused-ring (bicyclic) bond motifs is 1. The van der Waals surface area contributed by atoms with Gasteiger partial charge >= 0.3 is 0 Å². The molecule has 1 atom stereocenters.